The minimum atomic E-state index is 0.0455. The number of rotatable bonds is 5. The number of piperazine rings is 1. The van der Waals surface area contributed by atoms with Crippen molar-refractivity contribution in [3.05, 3.63) is 34.9 Å². The zero-order valence-corrected chi connectivity index (χ0v) is 12.9. The molecule has 1 fully saturated rings. The fourth-order valence-electron chi connectivity index (χ4n) is 2.64. The Kier molecular flexibility index (Phi) is 6.06. The lowest BCUT2D eigenvalue weighted by Crippen LogP contribution is -3.28. The summed E-state index contributed by atoms with van der Waals surface area (Å²) in [7, 11) is 0. The van der Waals surface area contributed by atoms with Gasteiger partial charge in [0, 0.05) is 10.6 Å². The molecule has 0 aliphatic carbocycles. The monoisotopic (exact) mass is 307 g/mol. The van der Waals surface area contributed by atoms with Crippen LogP contribution in [0.25, 0.3) is 0 Å². The molecule has 1 aliphatic rings. The summed E-state index contributed by atoms with van der Waals surface area (Å²) in [5.74, 6) is 2.46. The van der Waals surface area contributed by atoms with Crippen LogP contribution in [-0.4, -0.2) is 45.2 Å². The van der Waals surface area contributed by atoms with Gasteiger partial charge in [0.2, 0.25) is 0 Å². The highest BCUT2D eigenvalue weighted by atomic mass is 35.5. The predicted octanol–water partition coefficient (Wildman–Crippen LogP) is -1.63. The first kappa shape index (κ1) is 15.8. The van der Waals surface area contributed by atoms with E-state index in [2.05, 4.69) is 23.4 Å². The van der Waals surface area contributed by atoms with Crippen molar-refractivity contribution in [1.82, 2.24) is 5.32 Å². The number of benzene rings is 1. The van der Waals surface area contributed by atoms with Crippen LogP contribution in [-0.2, 0) is 11.3 Å². The van der Waals surface area contributed by atoms with Gasteiger partial charge >= 0.3 is 0 Å². The van der Waals surface area contributed by atoms with E-state index in [4.69, 9.17) is 18.0 Å². The highest BCUT2D eigenvalue weighted by molar-refractivity contribution is 6.30. The lowest BCUT2D eigenvalue weighted by atomic mass is 10.2. The maximum atomic E-state index is 11.6. The summed E-state index contributed by atoms with van der Waals surface area (Å²) in [6.07, 6.45) is 5.13. The lowest BCUT2D eigenvalue weighted by molar-refractivity contribution is -1.02. The molecular weight excluding hydrogens is 286 g/mol. The molecule has 3 N–H and O–H groups in total. The molecule has 0 radical (unpaired) electrons. The maximum Gasteiger partial charge on any atom is 0.275 e. The van der Waals surface area contributed by atoms with Crippen molar-refractivity contribution in [1.29, 1.82) is 0 Å². The molecular formula is C16H22ClN3O+2. The summed E-state index contributed by atoms with van der Waals surface area (Å²) < 4.78 is 0. The highest BCUT2D eigenvalue weighted by Crippen LogP contribution is 2.08. The minimum absolute atomic E-state index is 0.0455. The topological polar surface area (TPSA) is 38.0 Å². The summed E-state index contributed by atoms with van der Waals surface area (Å²) in [6, 6.07) is 8.05. The number of halogens is 1. The zero-order valence-electron chi connectivity index (χ0n) is 12.1. The standard InChI is InChI=1S/C16H20ClN3O/c1-2-7-18-16(21)13-20-10-8-19(9-11-20)12-14-3-5-15(17)6-4-14/h1,3-6H,7-13H2,(H,18,21)/p+2. The smallest absolute Gasteiger partial charge is 0.275 e. The number of hydrogen-bond acceptors (Lipinski definition) is 1. The van der Waals surface area contributed by atoms with E-state index in [0.717, 1.165) is 37.7 Å². The van der Waals surface area contributed by atoms with Gasteiger partial charge in [0.25, 0.3) is 5.91 Å². The molecule has 2 rings (SSSR count). The molecule has 1 aromatic carbocycles. The Morgan fingerprint density at radius 2 is 1.81 bits per heavy atom. The largest absolute Gasteiger partial charge is 0.340 e. The third-order valence-corrected chi connectivity index (χ3v) is 4.08. The molecule has 112 valence electrons. The van der Waals surface area contributed by atoms with Crippen molar-refractivity contribution >= 4 is 17.5 Å². The zero-order chi connectivity index (χ0) is 15.1. The molecule has 0 bridgehead atoms. The van der Waals surface area contributed by atoms with Gasteiger partial charge in [0.1, 0.15) is 32.7 Å². The predicted molar refractivity (Wildman–Crippen MR) is 83.3 cm³/mol. The molecule has 0 unspecified atom stereocenters. The van der Waals surface area contributed by atoms with Crippen LogP contribution >= 0.6 is 11.6 Å². The Balaban J connectivity index is 1.72. The Bertz CT molecular complexity index is 501. The van der Waals surface area contributed by atoms with Crippen LogP contribution in [0.3, 0.4) is 0 Å². The highest BCUT2D eigenvalue weighted by Gasteiger charge is 2.24. The molecule has 1 amide bonds. The van der Waals surface area contributed by atoms with Gasteiger partial charge in [-0.2, -0.15) is 0 Å². The van der Waals surface area contributed by atoms with E-state index in [1.807, 2.05) is 12.1 Å². The van der Waals surface area contributed by atoms with Crippen molar-refractivity contribution in [2.75, 3.05) is 39.3 Å². The summed E-state index contributed by atoms with van der Waals surface area (Å²) in [5.41, 5.74) is 1.31. The fraction of sp³-hybridized carbons (Fsp3) is 0.438. The number of quaternary nitrogens is 2. The second-order valence-electron chi connectivity index (χ2n) is 5.46. The molecule has 4 nitrogen and oxygen atoms in total. The van der Waals surface area contributed by atoms with Gasteiger partial charge in [-0.1, -0.05) is 29.7 Å². The number of hydrogen-bond donors (Lipinski definition) is 3. The van der Waals surface area contributed by atoms with Crippen molar-refractivity contribution in [3.63, 3.8) is 0 Å². The summed E-state index contributed by atoms with van der Waals surface area (Å²) in [5, 5.41) is 3.50. The average molecular weight is 308 g/mol. The van der Waals surface area contributed by atoms with Gasteiger partial charge < -0.3 is 15.1 Å². The summed E-state index contributed by atoms with van der Waals surface area (Å²) in [4.78, 5) is 14.5. The van der Waals surface area contributed by atoms with E-state index in [-0.39, 0.29) is 5.91 Å². The first-order valence-electron chi connectivity index (χ1n) is 7.29. The molecule has 0 saturated carbocycles. The number of terminal acetylenes is 1. The molecule has 1 saturated heterocycles. The van der Waals surface area contributed by atoms with Crippen LogP contribution in [0.15, 0.2) is 24.3 Å². The molecule has 1 aliphatic heterocycles. The van der Waals surface area contributed by atoms with Crippen LogP contribution in [0.4, 0.5) is 0 Å². The van der Waals surface area contributed by atoms with Gasteiger partial charge in [-0.3, -0.25) is 4.79 Å². The van der Waals surface area contributed by atoms with E-state index < -0.39 is 0 Å². The van der Waals surface area contributed by atoms with Crippen molar-refractivity contribution < 1.29 is 14.6 Å². The third-order valence-electron chi connectivity index (χ3n) is 3.83. The van der Waals surface area contributed by atoms with Gasteiger partial charge in [-0.05, 0) is 12.1 Å². The van der Waals surface area contributed by atoms with Gasteiger partial charge in [-0.25, -0.2) is 0 Å². The van der Waals surface area contributed by atoms with E-state index in [9.17, 15) is 4.79 Å². The van der Waals surface area contributed by atoms with E-state index in [1.165, 1.54) is 10.5 Å². The Hall–Kier alpha value is -1.54. The first-order chi connectivity index (χ1) is 10.2. The third kappa shape index (κ3) is 5.39. The minimum Gasteiger partial charge on any atom is -0.340 e. The number of carbonyl (C=O) groups excluding carboxylic acids is 1. The molecule has 21 heavy (non-hydrogen) atoms. The Morgan fingerprint density at radius 3 is 2.43 bits per heavy atom. The molecule has 1 heterocycles. The normalized spacial score (nSPS) is 21.5. The maximum absolute atomic E-state index is 11.6. The first-order valence-corrected chi connectivity index (χ1v) is 7.67. The van der Waals surface area contributed by atoms with Gasteiger partial charge in [0.15, 0.2) is 6.54 Å². The van der Waals surface area contributed by atoms with Gasteiger partial charge in [0.05, 0.1) is 6.54 Å². The molecule has 0 aromatic heterocycles. The van der Waals surface area contributed by atoms with E-state index in [1.54, 1.807) is 4.90 Å². The molecule has 1 aromatic rings. The second-order valence-corrected chi connectivity index (χ2v) is 5.90. The van der Waals surface area contributed by atoms with Gasteiger partial charge in [-0.15, -0.1) is 6.42 Å². The number of nitrogens with one attached hydrogen (secondary N) is 3. The number of carbonyl (C=O) groups is 1. The van der Waals surface area contributed by atoms with Crippen molar-refractivity contribution in [3.8, 4) is 12.3 Å². The van der Waals surface area contributed by atoms with Crippen LogP contribution in [0.2, 0.25) is 5.02 Å². The van der Waals surface area contributed by atoms with Crippen LogP contribution in [0, 0.1) is 12.3 Å². The van der Waals surface area contributed by atoms with E-state index >= 15 is 0 Å². The summed E-state index contributed by atoms with van der Waals surface area (Å²) in [6.45, 7) is 6.07. The van der Waals surface area contributed by atoms with Crippen LogP contribution < -0.4 is 15.1 Å². The van der Waals surface area contributed by atoms with Crippen LogP contribution in [0.1, 0.15) is 5.56 Å². The van der Waals surface area contributed by atoms with E-state index in [0.29, 0.717) is 13.1 Å². The molecule has 0 spiro atoms. The average Bonchev–Trinajstić information content (AvgIpc) is 2.49. The second kappa shape index (κ2) is 8.04. The molecule has 0 atom stereocenters. The van der Waals surface area contributed by atoms with Crippen molar-refractivity contribution in [2.24, 2.45) is 0 Å². The summed E-state index contributed by atoms with van der Waals surface area (Å²) >= 11 is 5.90. The fourth-order valence-corrected chi connectivity index (χ4v) is 2.77. The molecule has 5 heteroatoms. The van der Waals surface area contributed by atoms with Crippen molar-refractivity contribution in [2.45, 2.75) is 6.54 Å². The number of amides is 1. The quantitative estimate of drug-likeness (QED) is 0.562. The lowest BCUT2D eigenvalue weighted by Gasteiger charge is -2.29. The Morgan fingerprint density at radius 1 is 1.19 bits per heavy atom. The Labute approximate surface area is 131 Å². The van der Waals surface area contributed by atoms with Crippen LogP contribution in [0.5, 0.6) is 0 Å². The SMILES string of the molecule is C#CCNC(=O)C[NH+]1CC[NH+](Cc2ccc(Cl)cc2)CC1.